The summed E-state index contributed by atoms with van der Waals surface area (Å²) < 4.78 is 0. The summed E-state index contributed by atoms with van der Waals surface area (Å²) in [7, 11) is 0. The Bertz CT molecular complexity index is 737. The minimum absolute atomic E-state index is 0.835. The summed E-state index contributed by atoms with van der Waals surface area (Å²) in [5, 5.41) is 0. The lowest BCUT2D eigenvalue weighted by Gasteiger charge is -2.38. The molecule has 1 aromatic carbocycles. The SMILES string of the molecule is CCCCCCC[C@H]1CC[C@H](c2ccc(CC[C@H]3CC[C@H]([C@H]4CC[C@H](CCCCCCC)CC4)CC3)cc2)CC1. The quantitative estimate of drug-likeness (QED) is 0.170. The van der Waals surface area contributed by atoms with Crippen LogP contribution in [0.3, 0.4) is 0 Å². The first-order chi connectivity index (χ1) is 19.7. The zero-order valence-corrected chi connectivity index (χ0v) is 27.2. The van der Waals surface area contributed by atoms with Crippen molar-refractivity contribution >= 4 is 0 Å². The molecule has 1 aromatic rings. The Morgan fingerprint density at radius 2 is 0.875 bits per heavy atom. The first kappa shape index (κ1) is 32.1. The van der Waals surface area contributed by atoms with Crippen LogP contribution in [-0.4, -0.2) is 0 Å². The van der Waals surface area contributed by atoms with E-state index >= 15 is 0 Å². The summed E-state index contributed by atoms with van der Waals surface area (Å²) in [6.45, 7) is 4.65. The van der Waals surface area contributed by atoms with E-state index in [2.05, 4.69) is 38.1 Å². The van der Waals surface area contributed by atoms with Gasteiger partial charge in [-0.25, -0.2) is 0 Å². The Morgan fingerprint density at radius 3 is 1.35 bits per heavy atom. The van der Waals surface area contributed by atoms with Gasteiger partial charge in [0, 0.05) is 0 Å². The molecule has 0 unspecified atom stereocenters. The summed E-state index contributed by atoms with van der Waals surface area (Å²) in [4.78, 5) is 0. The van der Waals surface area contributed by atoms with Crippen molar-refractivity contribution in [1.82, 2.24) is 0 Å². The fourth-order valence-corrected chi connectivity index (χ4v) is 9.08. The largest absolute Gasteiger partial charge is 0.0654 e. The van der Waals surface area contributed by atoms with Gasteiger partial charge in [0.15, 0.2) is 0 Å². The molecule has 4 rings (SSSR count). The minimum atomic E-state index is 0.835. The normalized spacial score (nSPS) is 29.4. The van der Waals surface area contributed by atoms with E-state index in [0.29, 0.717) is 0 Å². The van der Waals surface area contributed by atoms with Crippen LogP contribution in [0.5, 0.6) is 0 Å². The van der Waals surface area contributed by atoms with Gasteiger partial charge in [-0.3, -0.25) is 0 Å². The van der Waals surface area contributed by atoms with Crippen molar-refractivity contribution in [2.24, 2.45) is 29.6 Å². The predicted molar refractivity (Wildman–Crippen MR) is 177 cm³/mol. The average Bonchev–Trinajstić information content (AvgIpc) is 3.01. The molecule has 0 nitrogen and oxygen atoms in total. The molecule has 0 radical (unpaired) electrons. The minimum Gasteiger partial charge on any atom is -0.0654 e. The van der Waals surface area contributed by atoms with Gasteiger partial charge in [0.2, 0.25) is 0 Å². The number of aryl methyl sites for hydroxylation is 1. The molecule has 3 saturated carbocycles. The summed E-state index contributed by atoms with van der Waals surface area (Å²) in [6, 6.07) is 9.99. The Balaban J connectivity index is 1.06. The molecule has 3 aliphatic rings. The molecule has 0 atom stereocenters. The number of unbranched alkanes of at least 4 members (excludes halogenated alkanes) is 8. The lowest BCUT2D eigenvalue weighted by molar-refractivity contribution is 0.140. The number of hydrogen-bond acceptors (Lipinski definition) is 0. The summed E-state index contributed by atoms with van der Waals surface area (Å²) in [5.74, 6) is 6.06. The molecule has 3 fully saturated rings. The average molecular weight is 549 g/mol. The maximum Gasteiger partial charge on any atom is -0.0162 e. The van der Waals surface area contributed by atoms with Gasteiger partial charge in [-0.2, -0.15) is 0 Å². The third-order valence-electron chi connectivity index (χ3n) is 12.0. The molecular formula is C40H68. The van der Waals surface area contributed by atoms with Crippen molar-refractivity contribution in [3.05, 3.63) is 35.4 Å². The van der Waals surface area contributed by atoms with Gasteiger partial charge in [-0.15, -0.1) is 0 Å². The van der Waals surface area contributed by atoms with E-state index in [9.17, 15) is 0 Å². The number of rotatable bonds is 17. The van der Waals surface area contributed by atoms with Crippen molar-refractivity contribution in [1.29, 1.82) is 0 Å². The number of hydrogen-bond donors (Lipinski definition) is 0. The highest BCUT2D eigenvalue weighted by atomic mass is 14.4. The predicted octanol–water partition coefficient (Wildman–Crippen LogP) is 13.2. The van der Waals surface area contributed by atoms with E-state index in [1.54, 1.807) is 36.8 Å². The molecule has 0 N–H and O–H groups in total. The van der Waals surface area contributed by atoms with E-state index in [1.807, 2.05) is 0 Å². The van der Waals surface area contributed by atoms with Gasteiger partial charge in [-0.1, -0.05) is 141 Å². The van der Waals surface area contributed by atoms with E-state index in [4.69, 9.17) is 0 Å². The van der Waals surface area contributed by atoms with Crippen LogP contribution in [0, 0.1) is 29.6 Å². The van der Waals surface area contributed by atoms with E-state index in [1.165, 1.54) is 141 Å². The molecule has 3 aliphatic carbocycles. The lowest BCUT2D eigenvalue weighted by atomic mass is 9.68. The standard InChI is InChI=1S/C40H68/c1-3-5-7-9-11-13-33-17-25-37(26-18-33)39-29-21-35(22-30-39)15-16-36-23-31-40(32-24-36)38-27-19-34(20-28-38)14-12-10-8-6-4-2/h21-22,29-30,33-34,36-38,40H,3-20,23-28,31-32H2,1-2H3/t33-,34-,36-,37-,38-,40-. The first-order valence-corrected chi connectivity index (χ1v) is 18.8. The second-order valence-electron chi connectivity index (χ2n) is 15.0. The van der Waals surface area contributed by atoms with E-state index in [-0.39, 0.29) is 0 Å². The van der Waals surface area contributed by atoms with Gasteiger partial charge in [0.25, 0.3) is 0 Å². The van der Waals surface area contributed by atoms with Crippen molar-refractivity contribution in [2.45, 2.75) is 187 Å². The smallest absolute Gasteiger partial charge is 0.0162 e. The van der Waals surface area contributed by atoms with E-state index in [0.717, 1.165) is 35.5 Å². The van der Waals surface area contributed by atoms with E-state index < -0.39 is 0 Å². The molecule has 0 heterocycles. The van der Waals surface area contributed by atoms with Crippen LogP contribution in [-0.2, 0) is 6.42 Å². The van der Waals surface area contributed by atoms with Crippen molar-refractivity contribution in [3.63, 3.8) is 0 Å². The second kappa shape index (κ2) is 18.7. The Labute approximate surface area is 251 Å². The second-order valence-corrected chi connectivity index (χ2v) is 15.0. The van der Waals surface area contributed by atoms with Gasteiger partial charge < -0.3 is 0 Å². The molecule has 0 aliphatic heterocycles. The van der Waals surface area contributed by atoms with Crippen LogP contribution >= 0.6 is 0 Å². The lowest BCUT2D eigenvalue weighted by Crippen LogP contribution is -2.26. The zero-order chi connectivity index (χ0) is 27.8. The molecular weight excluding hydrogens is 480 g/mol. The van der Waals surface area contributed by atoms with Crippen LogP contribution in [0.1, 0.15) is 191 Å². The molecule has 0 spiro atoms. The maximum absolute atomic E-state index is 2.50. The molecule has 0 aromatic heterocycles. The van der Waals surface area contributed by atoms with Crippen LogP contribution < -0.4 is 0 Å². The molecule has 0 saturated heterocycles. The monoisotopic (exact) mass is 549 g/mol. The fraction of sp³-hybridized carbons (Fsp3) is 0.850. The number of benzene rings is 1. The summed E-state index contributed by atoms with van der Waals surface area (Å²) in [6.07, 6.45) is 38.4. The zero-order valence-electron chi connectivity index (χ0n) is 27.2. The highest BCUT2D eigenvalue weighted by Crippen LogP contribution is 2.43. The third kappa shape index (κ3) is 11.1. The Kier molecular flexibility index (Phi) is 15.0. The topological polar surface area (TPSA) is 0 Å². The summed E-state index contributed by atoms with van der Waals surface area (Å²) >= 11 is 0. The van der Waals surface area contributed by atoms with Crippen molar-refractivity contribution in [2.75, 3.05) is 0 Å². The van der Waals surface area contributed by atoms with Crippen LogP contribution in [0.4, 0.5) is 0 Å². The van der Waals surface area contributed by atoms with Gasteiger partial charge in [-0.05, 0) is 111 Å². The third-order valence-corrected chi connectivity index (χ3v) is 12.0. The van der Waals surface area contributed by atoms with Crippen LogP contribution in [0.2, 0.25) is 0 Å². The van der Waals surface area contributed by atoms with Crippen molar-refractivity contribution in [3.8, 4) is 0 Å². The van der Waals surface area contributed by atoms with Crippen LogP contribution in [0.25, 0.3) is 0 Å². The summed E-state index contributed by atoms with van der Waals surface area (Å²) in [5.41, 5.74) is 3.23. The Morgan fingerprint density at radius 1 is 0.450 bits per heavy atom. The van der Waals surface area contributed by atoms with Crippen LogP contribution in [0.15, 0.2) is 24.3 Å². The first-order valence-electron chi connectivity index (χ1n) is 18.8. The maximum atomic E-state index is 2.50. The highest BCUT2D eigenvalue weighted by molar-refractivity contribution is 5.26. The highest BCUT2D eigenvalue weighted by Gasteiger charge is 2.30. The van der Waals surface area contributed by atoms with Gasteiger partial charge in [0.05, 0.1) is 0 Å². The van der Waals surface area contributed by atoms with Gasteiger partial charge in [0.1, 0.15) is 0 Å². The van der Waals surface area contributed by atoms with Crippen molar-refractivity contribution < 1.29 is 0 Å². The molecule has 0 heteroatoms. The molecule has 0 bridgehead atoms. The fourth-order valence-electron chi connectivity index (χ4n) is 9.08. The van der Waals surface area contributed by atoms with Gasteiger partial charge >= 0.3 is 0 Å². The Hall–Kier alpha value is -0.780. The molecule has 40 heavy (non-hydrogen) atoms. The molecule has 228 valence electrons. The molecule has 0 amide bonds.